The summed E-state index contributed by atoms with van der Waals surface area (Å²) in [7, 11) is 0. The van der Waals surface area contributed by atoms with Gasteiger partial charge in [0, 0.05) is 38.1 Å². The molecule has 30 heavy (non-hydrogen) atoms. The van der Waals surface area contributed by atoms with Crippen LogP contribution in [-0.4, -0.2) is 52.8 Å². The molecule has 4 rings (SSSR count). The number of nitrogens with one attached hydrogen (secondary N) is 1. The molecule has 3 aromatic rings. The van der Waals surface area contributed by atoms with Crippen LogP contribution in [0.4, 0.5) is 9.52 Å². The number of nitrogens with zero attached hydrogens (tertiary/aromatic N) is 3. The van der Waals surface area contributed by atoms with Crippen LogP contribution in [0, 0.1) is 5.82 Å². The van der Waals surface area contributed by atoms with Gasteiger partial charge >= 0.3 is 0 Å². The maximum absolute atomic E-state index is 13.7. The lowest BCUT2D eigenvalue weighted by Gasteiger charge is -2.34. The summed E-state index contributed by atoms with van der Waals surface area (Å²) in [5.74, 6) is -1.34. The van der Waals surface area contributed by atoms with Crippen LogP contribution in [0.3, 0.4) is 0 Å². The fourth-order valence-electron chi connectivity index (χ4n) is 3.35. The number of carbonyl (C=O) groups is 2. The number of hydrogen-bond donors (Lipinski definition) is 1. The molecule has 0 atom stereocenters. The van der Waals surface area contributed by atoms with Crippen LogP contribution in [-0.2, 0) is 6.54 Å². The highest BCUT2D eigenvalue weighted by atomic mass is 32.1. The van der Waals surface area contributed by atoms with Crippen molar-refractivity contribution in [3.63, 3.8) is 0 Å². The Balaban J connectivity index is 1.32. The minimum atomic E-state index is -0.601. The molecular formula is C22H21FN4O2S. The molecule has 0 saturated carbocycles. The van der Waals surface area contributed by atoms with E-state index in [9.17, 15) is 14.0 Å². The largest absolute Gasteiger partial charge is 0.335 e. The summed E-state index contributed by atoms with van der Waals surface area (Å²) in [6.45, 7) is 3.70. The molecule has 1 saturated heterocycles. The van der Waals surface area contributed by atoms with Crippen LogP contribution in [0.2, 0.25) is 0 Å². The lowest BCUT2D eigenvalue weighted by molar-refractivity contribution is 0.0623. The van der Waals surface area contributed by atoms with E-state index in [-0.39, 0.29) is 16.6 Å². The summed E-state index contributed by atoms with van der Waals surface area (Å²) in [5.41, 5.74) is 1.49. The number of thiazole rings is 1. The van der Waals surface area contributed by atoms with Gasteiger partial charge in [-0.05, 0) is 17.7 Å². The number of anilines is 1. The Kier molecular flexibility index (Phi) is 6.15. The molecule has 0 unspecified atom stereocenters. The number of carbonyl (C=O) groups excluding carboxylic acids is 2. The Hall–Kier alpha value is -3.10. The number of rotatable bonds is 5. The maximum Gasteiger partial charge on any atom is 0.273 e. The summed E-state index contributed by atoms with van der Waals surface area (Å²) in [4.78, 5) is 33.3. The first-order valence-electron chi connectivity index (χ1n) is 9.67. The number of aromatic nitrogens is 1. The summed E-state index contributed by atoms with van der Waals surface area (Å²) in [5, 5.41) is 4.45. The molecule has 0 aliphatic carbocycles. The molecule has 0 radical (unpaired) electrons. The zero-order valence-electron chi connectivity index (χ0n) is 16.3. The van der Waals surface area contributed by atoms with Crippen LogP contribution in [0.1, 0.15) is 26.4 Å². The summed E-state index contributed by atoms with van der Waals surface area (Å²) in [6, 6.07) is 16.0. The quantitative estimate of drug-likeness (QED) is 0.681. The van der Waals surface area contributed by atoms with Crippen molar-refractivity contribution in [1.82, 2.24) is 14.8 Å². The van der Waals surface area contributed by atoms with E-state index in [2.05, 4.69) is 27.3 Å². The molecule has 0 spiro atoms. The molecule has 6 nitrogen and oxygen atoms in total. The van der Waals surface area contributed by atoms with Gasteiger partial charge in [-0.15, -0.1) is 11.3 Å². The van der Waals surface area contributed by atoms with Crippen LogP contribution in [0.5, 0.6) is 0 Å². The molecule has 1 aromatic heterocycles. The Morgan fingerprint density at radius 2 is 1.70 bits per heavy atom. The smallest absolute Gasteiger partial charge is 0.273 e. The Morgan fingerprint density at radius 1 is 1.00 bits per heavy atom. The Bertz CT molecular complexity index is 1030. The fraction of sp³-hybridized carbons (Fsp3) is 0.227. The maximum atomic E-state index is 13.7. The van der Waals surface area contributed by atoms with E-state index >= 15 is 0 Å². The highest BCUT2D eigenvalue weighted by Crippen LogP contribution is 2.19. The van der Waals surface area contributed by atoms with Crippen LogP contribution < -0.4 is 5.32 Å². The molecule has 1 aliphatic rings. The molecule has 2 amide bonds. The number of hydrogen-bond acceptors (Lipinski definition) is 5. The standard InChI is InChI=1S/C22H21FN4O2S/c23-18-9-5-4-8-17(18)20(28)25-22-24-19(15-30-22)21(29)27-12-10-26(11-13-27)14-16-6-2-1-3-7-16/h1-9,15H,10-14H2,(H,24,25,28). The van der Waals surface area contributed by atoms with Gasteiger partial charge in [0.15, 0.2) is 5.13 Å². The topological polar surface area (TPSA) is 65.5 Å². The molecule has 8 heteroatoms. The first-order chi connectivity index (χ1) is 14.6. The first kappa shape index (κ1) is 20.2. The van der Waals surface area contributed by atoms with E-state index in [4.69, 9.17) is 0 Å². The van der Waals surface area contributed by atoms with Crippen molar-refractivity contribution in [3.05, 3.63) is 82.6 Å². The van der Waals surface area contributed by atoms with E-state index in [0.717, 1.165) is 31.0 Å². The second-order valence-electron chi connectivity index (χ2n) is 7.03. The third-order valence-corrected chi connectivity index (χ3v) is 5.73. The van der Waals surface area contributed by atoms with Crippen LogP contribution in [0.15, 0.2) is 60.0 Å². The van der Waals surface area contributed by atoms with Crippen molar-refractivity contribution >= 4 is 28.3 Å². The van der Waals surface area contributed by atoms with Gasteiger partial charge in [-0.3, -0.25) is 19.8 Å². The monoisotopic (exact) mass is 424 g/mol. The zero-order chi connectivity index (χ0) is 20.9. The Labute approximate surface area is 178 Å². The van der Waals surface area contributed by atoms with E-state index < -0.39 is 11.7 Å². The molecular weight excluding hydrogens is 403 g/mol. The van der Waals surface area contributed by atoms with Crippen LogP contribution in [0.25, 0.3) is 0 Å². The highest BCUT2D eigenvalue weighted by Gasteiger charge is 2.24. The second-order valence-corrected chi connectivity index (χ2v) is 7.88. The average molecular weight is 425 g/mol. The normalized spacial score (nSPS) is 14.5. The van der Waals surface area contributed by atoms with Crippen molar-refractivity contribution in [2.45, 2.75) is 6.54 Å². The molecule has 2 aromatic carbocycles. The van der Waals surface area contributed by atoms with Gasteiger partial charge in [-0.1, -0.05) is 42.5 Å². The third-order valence-electron chi connectivity index (χ3n) is 4.97. The average Bonchev–Trinajstić information content (AvgIpc) is 3.23. The minimum Gasteiger partial charge on any atom is -0.335 e. The predicted octanol–water partition coefficient (Wildman–Crippen LogP) is 3.49. The van der Waals surface area contributed by atoms with Crippen molar-refractivity contribution < 1.29 is 14.0 Å². The number of halogens is 1. The van der Waals surface area contributed by atoms with Crippen molar-refractivity contribution in [2.75, 3.05) is 31.5 Å². The SMILES string of the molecule is O=C(Nc1nc(C(=O)N2CCN(Cc3ccccc3)CC2)cs1)c1ccccc1F. The molecule has 1 N–H and O–H groups in total. The van der Waals surface area contributed by atoms with Crippen molar-refractivity contribution in [1.29, 1.82) is 0 Å². The molecule has 154 valence electrons. The lowest BCUT2D eigenvalue weighted by atomic mass is 10.2. The molecule has 2 heterocycles. The molecule has 1 aliphatic heterocycles. The number of amides is 2. The number of piperazine rings is 1. The van der Waals surface area contributed by atoms with Gasteiger partial charge < -0.3 is 4.90 Å². The van der Waals surface area contributed by atoms with E-state index in [1.54, 1.807) is 16.3 Å². The van der Waals surface area contributed by atoms with E-state index in [1.807, 2.05) is 18.2 Å². The van der Waals surface area contributed by atoms with Gasteiger partial charge in [-0.25, -0.2) is 9.37 Å². The van der Waals surface area contributed by atoms with Crippen LogP contribution >= 0.6 is 11.3 Å². The Morgan fingerprint density at radius 3 is 2.43 bits per heavy atom. The highest BCUT2D eigenvalue weighted by molar-refractivity contribution is 7.14. The summed E-state index contributed by atoms with van der Waals surface area (Å²) in [6.07, 6.45) is 0. The van der Waals surface area contributed by atoms with Crippen molar-refractivity contribution in [3.8, 4) is 0 Å². The molecule has 0 bridgehead atoms. The van der Waals surface area contributed by atoms with Crippen molar-refractivity contribution in [2.24, 2.45) is 0 Å². The van der Waals surface area contributed by atoms with Gasteiger partial charge in [0.05, 0.1) is 5.56 Å². The first-order valence-corrected chi connectivity index (χ1v) is 10.5. The van der Waals surface area contributed by atoms with E-state index in [1.165, 1.54) is 23.8 Å². The zero-order valence-corrected chi connectivity index (χ0v) is 17.1. The van der Waals surface area contributed by atoms with Gasteiger partial charge in [0.2, 0.25) is 0 Å². The summed E-state index contributed by atoms with van der Waals surface area (Å²) >= 11 is 1.15. The minimum absolute atomic E-state index is 0.0601. The predicted molar refractivity (Wildman–Crippen MR) is 114 cm³/mol. The lowest BCUT2D eigenvalue weighted by Crippen LogP contribution is -2.48. The van der Waals surface area contributed by atoms with E-state index in [0.29, 0.717) is 18.8 Å². The fourth-order valence-corrected chi connectivity index (χ4v) is 4.03. The van der Waals surface area contributed by atoms with Gasteiger partial charge in [0.1, 0.15) is 11.5 Å². The van der Waals surface area contributed by atoms with Gasteiger partial charge in [-0.2, -0.15) is 0 Å². The second kappa shape index (κ2) is 9.15. The van der Waals surface area contributed by atoms with Gasteiger partial charge in [0.25, 0.3) is 11.8 Å². The summed E-state index contributed by atoms with van der Waals surface area (Å²) < 4.78 is 13.7. The molecule has 1 fully saturated rings. The number of benzene rings is 2. The third kappa shape index (κ3) is 4.72.